The molecule has 0 saturated carbocycles. The van der Waals surface area contributed by atoms with Gasteiger partial charge in [-0.2, -0.15) is 0 Å². The zero-order valence-corrected chi connectivity index (χ0v) is 14.2. The number of hydrogen-bond donors (Lipinski definition) is 1. The highest BCUT2D eigenvalue weighted by Crippen LogP contribution is 2.37. The number of aliphatic hydroxyl groups excluding tert-OH is 1. The number of fused-ring (bicyclic) bond motifs is 1. The summed E-state index contributed by atoms with van der Waals surface area (Å²) in [7, 11) is 1.44. The largest absolute Gasteiger partial charge is 0.494 e. The molecule has 1 atom stereocenters. The van der Waals surface area contributed by atoms with Gasteiger partial charge in [0.1, 0.15) is 17.7 Å². The van der Waals surface area contributed by atoms with Crippen LogP contribution >= 0.6 is 0 Å². The Kier molecular flexibility index (Phi) is 4.21. The summed E-state index contributed by atoms with van der Waals surface area (Å²) in [6.45, 7) is 2.13. The molecule has 1 unspecified atom stereocenters. The van der Waals surface area contributed by atoms with Crippen LogP contribution in [0.3, 0.4) is 0 Å². The van der Waals surface area contributed by atoms with Gasteiger partial charge in [0.05, 0.1) is 18.8 Å². The van der Waals surface area contributed by atoms with Crippen LogP contribution in [0, 0.1) is 5.82 Å². The first-order valence-corrected chi connectivity index (χ1v) is 8.66. The Hall–Kier alpha value is -1.99. The van der Waals surface area contributed by atoms with E-state index in [0.29, 0.717) is 24.8 Å². The molecule has 25 heavy (non-hydrogen) atoms. The third-order valence-electron chi connectivity index (χ3n) is 5.35. The molecule has 1 aromatic heterocycles. The number of benzene rings is 1. The zero-order valence-electron chi connectivity index (χ0n) is 14.2. The summed E-state index contributed by atoms with van der Waals surface area (Å²) in [5, 5.41) is 10.6. The van der Waals surface area contributed by atoms with Crippen LogP contribution in [0.5, 0.6) is 5.75 Å². The summed E-state index contributed by atoms with van der Waals surface area (Å²) < 4.78 is 25.5. The van der Waals surface area contributed by atoms with Crippen LogP contribution in [0.1, 0.15) is 25.7 Å². The average molecular weight is 347 g/mol. The molecule has 0 radical (unpaired) electrons. The lowest BCUT2D eigenvalue weighted by molar-refractivity contribution is -0.128. The van der Waals surface area contributed by atoms with E-state index in [1.807, 2.05) is 0 Å². The van der Waals surface area contributed by atoms with E-state index in [1.165, 1.54) is 13.4 Å². The van der Waals surface area contributed by atoms with Gasteiger partial charge in [-0.05, 0) is 31.4 Å². The first kappa shape index (κ1) is 16.5. The third-order valence-corrected chi connectivity index (χ3v) is 5.35. The van der Waals surface area contributed by atoms with E-state index >= 15 is 0 Å². The van der Waals surface area contributed by atoms with E-state index in [1.54, 1.807) is 12.1 Å². The number of rotatable bonds is 2. The van der Waals surface area contributed by atoms with Gasteiger partial charge in [0, 0.05) is 31.5 Å². The first-order chi connectivity index (χ1) is 12.1. The van der Waals surface area contributed by atoms with E-state index < -0.39 is 5.82 Å². The number of methoxy groups -OCH3 is 1. The molecular weight excluding hydrogens is 325 g/mol. The number of aliphatic hydroxyl groups is 1. The SMILES string of the molecule is COc1ccc2c(N3CCC4(CC3)CC(O)CCO4)ncnc2c1F. The van der Waals surface area contributed by atoms with Gasteiger partial charge in [0.25, 0.3) is 0 Å². The Morgan fingerprint density at radius 3 is 2.84 bits per heavy atom. The molecule has 0 bridgehead atoms. The number of piperidine rings is 1. The second kappa shape index (κ2) is 6.38. The Morgan fingerprint density at radius 1 is 1.32 bits per heavy atom. The van der Waals surface area contributed by atoms with Crippen LogP contribution < -0.4 is 9.64 Å². The van der Waals surface area contributed by atoms with E-state index in [2.05, 4.69) is 14.9 Å². The van der Waals surface area contributed by atoms with Gasteiger partial charge in [-0.15, -0.1) is 0 Å². The smallest absolute Gasteiger partial charge is 0.191 e. The molecule has 2 saturated heterocycles. The number of hydrogen-bond acceptors (Lipinski definition) is 6. The van der Waals surface area contributed by atoms with E-state index in [4.69, 9.17) is 9.47 Å². The summed E-state index contributed by atoms with van der Waals surface area (Å²) in [6.07, 6.45) is 4.18. The van der Waals surface area contributed by atoms with Crippen LogP contribution in [-0.2, 0) is 4.74 Å². The molecule has 3 heterocycles. The fraction of sp³-hybridized carbons (Fsp3) is 0.556. The third kappa shape index (κ3) is 2.91. The highest BCUT2D eigenvalue weighted by Gasteiger charge is 2.40. The maximum Gasteiger partial charge on any atom is 0.191 e. The molecule has 134 valence electrons. The fourth-order valence-corrected chi connectivity index (χ4v) is 3.95. The lowest BCUT2D eigenvalue weighted by Crippen LogP contribution is -2.50. The van der Waals surface area contributed by atoms with E-state index in [-0.39, 0.29) is 23.0 Å². The topological polar surface area (TPSA) is 67.7 Å². The molecule has 2 fully saturated rings. The summed E-state index contributed by atoms with van der Waals surface area (Å²) in [5.41, 5.74) is 0.0415. The second-order valence-corrected chi connectivity index (χ2v) is 6.84. The molecule has 1 N–H and O–H groups in total. The van der Waals surface area contributed by atoms with Crippen molar-refractivity contribution in [2.24, 2.45) is 0 Å². The van der Waals surface area contributed by atoms with Crippen LogP contribution in [0.25, 0.3) is 10.9 Å². The molecule has 4 rings (SSSR count). The Labute approximate surface area is 145 Å². The number of anilines is 1. The van der Waals surface area contributed by atoms with Crippen molar-refractivity contribution >= 4 is 16.7 Å². The molecule has 7 heteroatoms. The molecule has 0 amide bonds. The summed E-state index contributed by atoms with van der Waals surface area (Å²) >= 11 is 0. The average Bonchev–Trinajstić information content (AvgIpc) is 2.62. The van der Waals surface area contributed by atoms with Crippen LogP contribution in [0.2, 0.25) is 0 Å². The van der Waals surface area contributed by atoms with Gasteiger partial charge in [0.15, 0.2) is 11.6 Å². The highest BCUT2D eigenvalue weighted by molar-refractivity contribution is 5.90. The summed E-state index contributed by atoms with van der Waals surface area (Å²) in [4.78, 5) is 10.6. The Balaban J connectivity index is 1.60. The minimum absolute atomic E-state index is 0.180. The number of ether oxygens (including phenoxy) is 2. The van der Waals surface area contributed by atoms with Gasteiger partial charge in [-0.25, -0.2) is 14.4 Å². The van der Waals surface area contributed by atoms with Gasteiger partial charge >= 0.3 is 0 Å². The van der Waals surface area contributed by atoms with Crippen molar-refractivity contribution in [2.75, 3.05) is 31.7 Å². The van der Waals surface area contributed by atoms with Gasteiger partial charge in [-0.1, -0.05) is 0 Å². The van der Waals surface area contributed by atoms with Crippen LogP contribution in [0.4, 0.5) is 10.2 Å². The first-order valence-electron chi connectivity index (χ1n) is 8.66. The van der Waals surface area contributed by atoms with Gasteiger partial charge in [0.2, 0.25) is 0 Å². The van der Waals surface area contributed by atoms with Crippen molar-refractivity contribution in [1.29, 1.82) is 0 Å². The molecule has 1 aromatic carbocycles. The standard InChI is InChI=1S/C18H22FN3O3/c1-24-14-3-2-13-16(15(14)19)20-11-21-17(13)22-7-5-18(6-8-22)10-12(23)4-9-25-18/h2-3,11-12,23H,4-10H2,1H3. The van der Waals surface area contributed by atoms with Crippen molar-refractivity contribution in [3.8, 4) is 5.75 Å². The fourth-order valence-electron chi connectivity index (χ4n) is 3.95. The molecule has 2 aromatic rings. The van der Waals surface area contributed by atoms with E-state index in [0.717, 1.165) is 31.7 Å². The summed E-state index contributed by atoms with van der Waals surface area (Å²) in [5.74, 6) is 0.452. The lowest BCUT2D eigenvalue weighted by atomic mass is 9.83. The van der Waals surface area contributed by atoms with Crippen LogP contribution in [-0.4, -0.2) is 53.6 Å². The maximum atomic E-state index is 14.5. The monoisotopic (exact) mass is 347 g/mol. The normalized spacial score (nSPS) is 23.2. The minimum Gasteiger partial charge on any atom is -0.494 e. The summed E-state index contributed by atoms with van der Waals surface area (Å²) in [6, 6.07) is 3.41. The van der Waals surface area contributed by atoms with Crippen molar-refractivity contribution < 1.29 is 19.0 Å². The van der Waals surface area contributed by atoms with Crippen LogP contribution in [0.15, 0.2) is 18.5 Å². The lowest BCUT2D eigenvalue weighted by Gasteiger charge is -2.45. The quantitative estimate of drug-likeness (QED) is 0.899. The Morgan fingerprint density at radius 2 is 2.12 bits per heavy atom. The molecule has 2 aliphatic heterocycles. The van der Waals surface area contributed by atoms with Crippen molar-refractivity contribution in [1.82, 2.24) is 9.97 Å². The minimum atomic E-state index is -0.462. The number of halogens is 1. The molecule has 1 spiro atoms. The van der Waals surface area contributed by atoms with Gasteiger partial charge < -0.3 is 19.5 Å². The molecule has 0 aliphatic carbocycles. The predicted octanol–water partition coefficient (Wildman–Crippen LogP) is 2.29. The predicted molar refractivity (Wildman–Crippen MR) is 91.4 cm³/mol. The molecular formula is C18H22FN3O3. The Bertz CT molecular complexity index is 777. The maximum absolute atomic E-state index is 14.5. The number of aromatic nitrogens is 2. The van der Waals surface area contributed by atoms with Crippen molar-refractivity contribution in [3.05, 3.63) is 24.3 Å². The second-order valence-electron chi connectivity index (χ2n) is 6.84. The number of nitrogens with zero attached hydrogens (tertiary/aromatic N) is 3. The highest BCUT2D eigenvalue weighted by atomic mass is 19.1. The van der Waals surface area contributed by atoms with Crippen molar-refractivity contribution in [3.63, 3.8) is 0 Å². The molecule has 2 aliphatic rings. The zero-order chi connectivity index (χ0) is 17.4. The van der Waals surface area contributed by atoms with E-state index in [9.17, 15) is 9.50 Å². The van der Waals surface area contributed by atoms with Gasteiger partial charge in [-0.3, -0.25) is 0 Å². The van der Waals surface area contributed by atoms with Crippen molar-refractivity contribution in [2.45, 2.75) is 37.4 Å². The molecule has 6 nitrogen and oxygen atoms in total.